The van der Waals surface area contributed by atoms with Gasteiger partial charge < -0.3 is 0 Å². The standard InChI is InChI=1S/C20H14Cl2N2/c21-18-12-11-17(19(22)13-18)14-23-24-20(15-7-3-1-4-8-15)16-9-5-2-6-10-16/h1-14H/b23-14+. The maximum atomic E-state index is 6.15. The largest absolute Gasteiger partial charge is 0.158 e. The highest BCUT2D eigenvalue weighted by atomic mass is 35.5. The molecule has 2 nitrogen and oxygen atoms in total. The fourth-order valence-corrected chi connectivity index (χ4v) is 2.69. The second kappa shape index (κ2) is 7.91. The average Bonchev–Trinajstić information content (AvgIpc) is 2.62. The summed E-state index contributed by atoms with van der Waals surface area (Å²) >= 11 is 12.1. The highest BCUT2D eigenvalue weighted by Crippen LogP contribution is 2.19. The van der Waals surface area contributed by atoms with E-state index in [0.29, 0.717) is 10.0 Å². The minimum absolute atomic E-state index is 0.544. The van der Waals surface area contributed by atoms with Crippen LogP contribution in [0, 0.1) is 0 Å². The Morgan fingerprint density at radius 1 is 0.750 bits per heavy atom. The minimum atomic E-state index is 0.544. The molecule has 0 saturated heterocycles. The lowest BCUT2D eigenvalue weighted by Crippen LogP contribution is -2.02. The van der Waals surface area contributed by atoms with E-state index in [9.17, 15) is 0 Å². The maximum Gasteiger partial charge on any atom is 0.100 e. The van der Waals surface area contributed by atoms with E-state index in [1.54, 1.807) is 18.3 Å². The van der Waals surface area contributed by atoms with Gasteiger partial charge in [-0.2, -0.15) is 5.10 Å². The first-order valence-electron chi connectivity index (χ1n) is 7.41. The first kappa shape index (κ1) is 16.4. The van der Waals surface area contributed by atoms with E-state index in [1.165, 1.54) is 0 Å². The van der Waals surface area contributed by atoms with E-state index in [4.69, 9.17) is 23.2 Å². The van der Waals surface area contributed by atoms with Gasteiger partial charge in [-0.05, 0) is 12.1 Å². The fourth-order valence-electron chi connectivity index (χ4n) is 2.23. The Morgan fingerprint density at radius 3 is 1.88 bits per heavy atom. The van der Waals surface area contributed by atoms with Crippen molar-refractivity contribution < 1.29 is 0 Å². The van der Waals surface area contributed by atoms with Crippen molar-refractivity contribution in [3.63, 3.8) is 0 Å². The van der Waals surface area contributed by atoms with E-state index in [1.807, 2.05) is 66.7 Å². The minimum Gasteiger partial charge on any atom is -0.158 e. The molecule has 3 aromatic carbocycles. The van der Waals surface area contributed by atoms with Crippen molar-refractivity contribution in [1.82, 2.24) is 0 Å². The number of hydrogen-bond donors (Lipinski definition) is 0. The summed E-state index contributed by atoms with van der Waals surface area (Å²) in [4.78, 5) is 0. The molecule has 0 spiro atoms. The molecule has 0 radical (unpaired) electrons. The molecule has 0 N–H and O–H groups in total. The second-order valence-electron chi connectivity index (χ2n) is 5.09. The molecule has 0 bridgehead atoms. The van der Waals surface area contributed by atoms with Gasteiger partial charge in [-0.15, -0.1) is 5.10 Å². The van der Waals surface area contributed by atoms with Crippen LogP contribution < -0.4 is 0 Å². The van der Waals surface area contributed by atoms with E-state index in [-0.39, 0.29) is 0 Å². The third kappa shape index (κ3) is 4.10. The van der Waals surface area contributed by atoms with Gasteiger partial charge >= 0.3 is 0 Å². The lowest BCUT2D eigenvalue weighted by molar-refractivity contribution is 1.24. The van der Waals surface area contributed by atoms with Crippen molar-refractivity contribution in [3.05, 3.63) is 106 Å². The van der Waals surface area contributed by atoms with Gasteiger partial charge in [-0.25, -0.2) is 0 Å². The van der Waals surface area contributed by atoms with Crippen LogP contribution in [-0.2, 0) is 0 Å². The molecule has 0 fully saturated rings. The first-order valence-corrected chi connectivity index (χ1v) is 8.16. The van der Waals surface area contributed by atoms with Crippen molar-refractivity contribution in [2.45, 2.75) is 0 Å². The van der Waals surface area contributed by atoms with E-state index in [0.717, 1.165) is 22.4 Å². The maximum absolute atomic E-state index is 6.15. The summed E-state index contributed by atoms with van der Waals surface area (Å²) in [7, 11) is 0. The van der Waals surface area contributed by atoms with Crippen LogP contribution in [-0.4, -0.2) is 11.9 Å². The number of benzene rings is 3. The zero-order chi connectivity index (χ0) is 16.8. The van der Waals surface area contributed by atoms with Gasteiger partial charge in [0.1, 0.15) is 5.71 Å². The van der Waals surface area contributed by atoms with E-state index < -0.39 is 0 Å². The van der Waals surface area contributed by atoms with Gasteiger partial charge in [-0.1, -0.05) is 89.9 Å². The van der Waals surface area contributed by atoms with Crippen molar-refractivity contribution in [2.24, 2.45) is 10.2 Å². The van der Waals surface area contributed by atoms with Crippen molar-refractivity contribution >= 4 is 35.1 Å². The Bertz CT molecular complexity index is 831. The van der Waals surface area contributed by atoms with Gasteiger partial charge in [0, 0.05) is 21.7 Å². The second-order valence-corrected chi connectivity index (χ2v) is 5.93. The Labute approximate surface area is 151 Å². The molecule has 0 atom stereocenters. The smallest absolute Gasteiger partial charge is 0.100 e. The molecule has 0 unspecified atom stereocenters. The molecule has 3 aromatic rings. The normalized spacial score (nSPS) is 10.8. The first-order chi connectivity index (χ1) is 11.7. The highest BCUT2D eigenvalue weighted by molar-refractivity contribution is 6.36. The molecule has 0 heterocycles. The Kier molecular flexibility index (Phi) is 5.42. The third-order valence-corrected chi connectivity index (χ3v) is 3.97. The summed E-state index contributed by atoms with van der Waals surface area (Å²) in [5, 5.41) is 9.77. The third-order valence-electron chi connectivity index (χ3n) is 3.41. The molecule has 0 saturated carbocycles. The van der Waals surface area contributed by atoms with Gasteiger partial charge in [0.15, 0.2) is 0 Å². The van der Waals surface area contributed by atoms with Crippen LogP contribution in [0.25, 0.3) is 0 Å². The number of nitrogens with zero attached hydrogens (tertiary/aromatic N) is 2. The molecule has 4 heteroatoms. The molecular formula is C20H14Cl2N2. The van der Waals surface area contributed by atoms with E-state index >= 15 is 0 Å². The number of hydrogen-bond acceptors (Lipinski definition) is 2. The van der Waals surface area contributed by atoms with Crippen LogP contribution in [0.3, 0.4) is 0 Å². The molecule has 3 rings (SSSR count). The van der Waals surface area contributed by atoms with Crippen LogP contribution in [0.15, 0.2) is 89.1 Å². The molecule has 0 aromatic heterocycles. The summed E-state index contributed by atoms with van der Waals surface area (Å²) < 4.78 is 0. The molecule has 0 aliphatic carbocycles. The van der Waals surface area contributed by atoms with Crippen LogP contribution in [0.5, 0.6) is 0 Å². The summed E-state index contributed by atoms with van der Waals surface area (Å²) in [6.45, 7) is 0. The number of rotatable bonds is 4. The molecule has 118 valence electrons. The average molecular weight is 353 g/mol. The molecule has 24 heavy (non-hydrogen) atoms. The molecule has 0 aliphatic heterocycles. The zero-order valence-electron chi connectivity index (χ0n) is 12.7. The zero-order valence-corrected chi connectivity index (χ0v) is 14.2. The number of halogens is 2. The van der Waals surface area contributed by atoms with Crippen LogP contribution in [0.2, 0.25) is 10.0 Å². The fraction of sp³-hybridized carbons (Fsp3) is 0. The van der Waals surface area contributed by atoms with Crippen molar-refractivity contribution in [3.8, 4) is 0 Å². The van der Waals surface area contributed by atoms with Crippen LogP contribution >= 0.6 is 23.2 Å². The Morgan fingerprint density at radius 2 is 1.33 bits per heavy atom. The van der Waals surface area contributed by atoms with Gasteiger partial charge in [0.05, 0.1) is 11.2 Å². The highest BCUT2D eigenvalue weighted by Gasteiger charge is 2.06. The van der Waals surface area contributed by atoms with Gasteiger partial charge in [0.2, 0.25) is 0 Å². The summed E-state index contributed by atoms with van der Waals surface area (Å²) in [5.74, 6) is 0. The summed E-state index contributed by atoms with van der Waals surface area (Å²) in [6, 6.07) is 25.2. The molecule has 0 amide bonds. The van der Waals surface area contributed by atoms with Gasteiger partial charge in [-0.3, -0.25) is 0 Å². The molecular weight excluding hydrogens is 339 g/mol. The van der Waals surface area contributed by atoms with Crippen molar-refractivity contribution in [2.75, 3.05) is 0 Å². The van der Waals surface area contributed by atoms with E-state index in [2.05, 4.69) is 10.2 Å². The predicted molar refractivity (Wildman–Crippen MR) is 103 cm³/mol. The quantitative estimate of drug-likeness (QED) is 0.414. The lowest BCUT2D eigenvalue weighted by Gasteiger charge is -2.05. The van der Waals surface area contributed by atoms with Gasteiger partial charge in [0.25, 0.3) is 0 Å². The monoisotopic (exact) mass is 352 g/mol. The van der Waals surface area contributed by atoms with Crippen LogP contribution in [0.4, 0.5) is 0 Å². The topological polar surface area (TPSA) is 24.7 Å². The lowest BCUT2D eigenvalue weighted by atomic mass is 10.0. The summed E-state index contributed by atoms with van der Waals surface area (Å²) in [6.07, 6.45) is 1.63. The SMILES string of the molecule is Clc1ccc(/C=N/N=C(c2ccccc2)c2ccccc2)c(Cl)c1. The Hall–Kier alpha value is -2.42. The summed E-state index contributed by atoms with van der Waals surface area (Å²) in [5.41, 5.74) is 3.58. The molecule has 0 aliphatic rings. The van der Waals surface area contributed by atoms with Crippen LogP contribution in [0.1, 0.15) is 16.7 Å². The predicted octanol–water partition coefficient (Wildman–Crippen LogP) is 5.86. The van der Waals surface area contributed by atoms with Crippen molar-refractivity contribution in [1.29, 1.82) is 0 Å². The Balaban J connectivity index is 1.97.